The van der Waals surface area contributed by atoms with Crippen LogP contribution < -0.4 is 10.1 Å². The molecule has 0 bridgehead atoms. The van der Waals surface area contributed by atoms with E-state index >= 15 is 0 Å². The van der Waals surface area contributed by atoms with Crippen molar-refractivity contribution in [2.75, 3.05) is 12.4 Å². The molecule has 1 N–H and O–H groups in total. The molecule has 0 aliphatic carbocycles. The number of amides is 1. The summed E-state index contributed by atoms with van der Waals surface area (Å²) in [6.07, 6.45) is -0.116. The number of rotatable bonds is 5. The van der Waals surface area contributed by atoms with Gasteiger partial charge in [0.05, 0.1) is 19.2 Å². The SMILES string of the molecule is COc1ccc(C(C)C)cc1NC(=O)CC(C)=O. The van der Waals surface area contributed by atoms with Gasteiger partial charge in [-0.2, -0.15) is 0 Å². The van der Waals surface area contributed by atoms with Crippen LogP contribution >= 0.6 is 0 Å². The van der Waals surface area contributed by atoms with Gasteiger partial charge in [-0.1, -0.05) is 19.9 Å². The van der Waals surface area contributed by atoms with Gasteiger partial charge in [0.15, 0.2) is 0 Å². The number of hydrogen-bond donors (Lipinski definition) is 1. The van der Waals surface area contributed by atoms with Crippen LogP contribution in [-0.4, -0.2) is 18.8 Å². The Morgan fingerprint density at radius 1 is 1.33 bits per heavy atom. The number of ketones is 1. The van der Waals surface area contributed by atoms with Gasteiger partial charge in [0.2, 0.25) is 5.91 Å². The Bertz CT molecular complexity index is 452. The Kier molecular flexibility index (Phi) is 4.89. The maximum atomic E-state index is 11.6. The van der Waals surface area contributed by atoms with Crippen molar-refractivity contribution in [1.29, 1.82) is 0 Å². The summed E-state index contributed by atoms with van der Waals surface area (Å²) in [4.78, 5) is 22.5. The highest BCUT2D eigenvalue weighted by molar-refractivity contribution is 6.04. The van der Waals surface area contributed by atoms with Crippen LogP contribution in [-0.2, 0) is 9.59 Å². The van der Waals surface area contributed by atoms with E-state index in [4.69, 9.17) is 4.74 Å². The minimum Gasteiger partial charge on any atom is -0.495 e. The van der Waals surface area contributed by atoms with Crippen LogP contribution in [0.5, 0.6) is 5.75 Å². The van der Waals surface area contributed by atoms with E-state index in [0.717, 1.165) is 5.56 Å². The lowest BCUT2D eigenvalue weighted by Gasteiger charge is -2.13. The van der Waals surface area contributed by atoms with E-state index in [1.807, 2.05) is 18.2 Å². The number of anilines is 1. The second-order valence-corrected chi connectivity index (χ2v) is 4.54. The number of Topliss-reactive ketones (excluding diaryl/α,β-unsaturated/α-hetero) is 1. The van der Waals surface area contributed by atoms with E-state index in [-0.39, 0.29) is 18.1 Å². The first-order chi connectivity index (χ1) is 8.43. The molecule has 0 atom stereocenters. The summed E-state index contributed by atoms with van der Waals surface area (Å²) in [5, 5.41) is 2.70. The highest BCUT2D eigenvalue weighted by Gasteiger charge is 2.11. The summed E-state index contributed by atoms with van der Waals surface area (Å²) in [6, 6.07) is 5.66. The minimum atomic E-state index is -0.318. The zero-order valence-electron chi connectivity index (χ0n) is 11.2. The molecule has 0 unspecified atom stereocenters. The molecule has 1 aromatic carbocycles. The lowest BCUT2D eigenvalue weighted by Crippen LogP contribution is -2.15. The van der Waals surface area contributed by atoms with Crippen molar-refractivity contribution >= 4 is 17.4 Å². The molecule has 1 aromatic rings. The first kappa shape index (κ1) is 14.2. The molecule has 4 nitrogen and oxygen atoms in total. The fraction of sp³-hybridized carbons (Fsp3) is 0.429. The van der Waals surface area contributed by atoms with Gasteiger partial charge in [-0.25, -0.2) is 0 Å². The Hall–Kier alpha value is -1.84. The van der Waals surface area contributed by atoms with E-state index in [9.17, 15) is 9.59 Å². The third-order valence-electron chi connectivity index (χ3n) is 2.57. The van der Waals surface area contributed by atoms with Crippen molar-refractivity contribution in [1.82, 2.24) is 0 Å². The number of ether oxygens (including phenoxy) is 1. The lowest BCUT2D eigenvalue weighted by molar-refractivity contribution is -0.124. The first-order valence-corrected chi connectivity index (χ1v) is 5.91. The molecule has 0 spiro atoms. The number of benzene rings is 1. The van der Waals surface area contributed by atoms with Crippen LogP contribution in [0.3, 0.4) is 0 Å². The molecule has 98 valence electrons. The van der Waals surface area contributed by atoms with Crippen LogP contribution in [0, 0.1) is 0 Å². The smallest absolute Gasteiger partial charge is 0.231 e. The van der Waals surface area contributed by atoms with Crippen LogP contribution in [0.25, 0.3) is 0 Å². The maximum Gasteiger partial charge on any atom is 0.231 e. The van der Waals surface area contributed by atoms with E-state index in [0.29, 0.717) is 17.4 Å². The Balaban J connectivity index is 2.94. The van der Waals surface area contributed by atoms with Gasteiger partial charge in [-0.3, -0.25) is 9.59 Å². The van der Waals surface area contributed by atoms with E-state index in [2.05, 4.69) is 19.2 Å². The van der Waals surface area contributed by atoms with Gasteiger partial charge >= 0.3 is 0 Å². The van der Waals surface area contributed by atoms with Crippen LogP contribution in [0.4, 0.5) is 5.69 Å². The fourth-order valence-corrected chi connectivity index (χ4v) is 1.60. The molecule has 1 rings (SSSR count). The quantitative estimate of drug-likeness (QED) is 0.816. The Morgan fingerprint density at radius 3 is 2.50 bits per heavy atom. The van der Waals surface area contributed by atoms with Crippen LogP contribution in [0.15, 0.2) is 18.2 Å². The van der Waals surface area contributed by atoms with E-state index in [1.165, 1.54) is 6.92 Å². The standard InChI is InChI=1S/C14H19NO3/c1-9(2)11-5-6-13(18-4)12(8-11)15-14(17)7-10(3)16/h5-6,8-9H,7H2,1-4H3,(H,15,17). The third kappa shape index (κ3) is 3.87. The average Bonchev–Trinajstić information content (AvgIpc) is 2.27. The summed E-state index contributed by atoms with van der Waals surface area (Å²) in [5.74, 6) is 0.476. The first-order valence-electron chi connectivity index (χ1n) is 5.91. The second-order valence-electron chi connectivity index (χ2n) is 4.54. The largest absolute Gasteiger partial charge is 0.495 e. The summed E-state index contributed by atoms with van der Waals surface area (Å²) >= 11 is 0. The molecule has 0 aliphatic rings. The Morgan fingerprint density at radius 2 is 2.00 bits per heavy atom. The number of carbonyl (C=O) groups excluding carboxylic acids is 2. The third-order valence-corrected chi connectivity index (χ3v) is 2.57. The van der Waals surface area contributed by atoms with Crippen molar-refractivity contribution in [3.63, 3.8) is 0 Å². The molecule has 0 heterocycles. The van der Waals surface area contributed by atoms with Crippen molar-refractivity contribution in [3.8, 4) is 5.75 Å². The van der Waals surface area contributed by atoms with Gasteiger partial charge in [0, 0.05) is 0 Å². The van der Waals surface area contributed by atoms with Crippen molar-refractivity contribution in [3.05, 3.63) is 23.8 Å². The molecule has 0 aliphatic heterocycles. The summed E-state index contributed by atoms with van der Waals surface area (Å²) in [6.45, 7) is 5.54. The zero-order valence-corrected chi connectivity index (χ0v) is 11.2. The number of nitrogens with one attached hydrogen (secondary N) is 1. The molecule has 18 heavy (non-hydrogen) atoms. The molecule has 0 aromatic heterocycles. The van der Waals surface area contributed by atoms with Gasteiger partial charge in [0.25, 0.3) is 0 Å². The predicted molar refractivity (Wildman–Crippen MR) is 71.0 cm³/mol. The molecule has 0 fully saturated rings. The molecular weight excluding hydrogens is 230 g/mol. The van der Waals surface area contributed by atoms with Crippen molar-refractivity contribution in [2.45, 2.75) is 33.1 Å². The molecular formula is C14H19NO3. The molecule has 1 amide bonds. The summed E-state index contributed by atoms with van der Waals surface area (Å²) < 4.78 is 5.19. The molecule has 4 heteroatoms. The zero-order chi connectivity index (χ0) is 13.7. The van der Waals surface area contributed by atoms with Crippen LogP contribution in [0.2, 0.25) is 0 Å². The number of methoxy groups -OCH3 is 1. The molecule has 0 radical (unpaired) electrons. The maximum absolute atomic E-state index is 11.6. The second kappa shape index (κ2) is 6.19. The van der Waals surface area contributed by atoms with Crippen molar-refractivity contribution < 1.29 is 14.3 Å². The number of hydrogen-bond acceptors (Lipinski definition) is 3. The topological polar surface area (TPSA) is 55.4 Å². The van der Waals surface area contributed by atoms with Gasteiger partial charge in [-0.15, -0.1) is 0 Å². The Labute approximate surface area is 107 Å². The van der Waals surface area contributed by atoms with Crippen LogP contribution in [0.1, 0.15) is 38.7 Å². The van der Waals surface area contributed by atoms with Gasteiger partial charge in [-0.05, 0) is 30.5 Å². The monoisotopic (exact) mass is 249 g/mol. The number of carbonyl (C=O) groups is 2. The minimum absolute atomic E-state index is 0.116. The van der Waals surface area contributed by atoms with Crippen molar-refractivity contribution in [2.24, 2.45) is 0 Å². The lowest BCUT2D eigenvalue weighted by atomic mass is 10.0. The highest BCUT2D eigenvalue weighted by Crippen LogP contribution is 2.28. The molecule has 0 saturated carbocycles. The van der Waals surface area contributed by atoms with E-state index in [1.54, 1.807) is 7.11 Å². The predicted octanol–water partition coefficient (Wildman–Crippen LogP) is 2.74. The molecule has 0 saturated heterocycles. The summed E-state index contributed by atoms with van der Waals surface area (Å²) in [7, 11) is 1.55. The highest BCUT2D eigenvalue weighted by atomic mass is 16.5. The van der Waals surface area contributed by atoms with Gasteiger partial charge < -0.3 is 10.1 Å². The summed E-state index contributed by atoms with van der Waals surface area (Å²) in [5.41, 5.74) is 1.71. The van der Waals surface area contributed by atoms with Gasteiger partial charge in [0.1, 0.15) is 11.5 Å². The average molecular weight is 249 g/mol. The fourth-order valence-electron chi connectivity index (χ4n) is 1.60. The normalized spacial score (nSPS) is 10.3. The van der Waals surface area contributed by atoms with E-state index < -0.39 is 0 Å².